The number of fused-ring (bicyclic) bond motifs is 1. The molecule has 0 N–H and O–H groups in total. The predicted octanol–water partition coefficient (Wildman–Crippen LogP) is 2.82. The highest BCUT2D eigenvalue weighted by molar-refractivity contribution is 7.21. The van der Waals surface area contributed by atoms with Gasteiger partial charge in [-0.3, -0.25) is 4.79 Å². The van der Waals surface area contributed by atoms with Gasteiger partial charge in [-0.2, -0.15) is 5.26 Å². The molecule has 5 nitrogen and oxygen atoms in total. The molecule has 104 valence electrons. The van der Waals surface area contributed by atoms with Crippen LogP contribution in [0.5, 0.6) is 0 Å². The fourth-order valence-corrected chi connectivity index (χ4v) is 3.05. The lowest BCUT2D eigenvalue weighted by molar-refractivity contribution is 0.530. The molecule has 3 aromatic rings. The first-order chi connectivity index (χ1) is 10.3. The molecule has 0 spiro atoms. The van der Waals surface area contributed by atoms with Crippen LogP contribution in [0.25, 0.3) is 20.7 Å². The van der Waals surface area contributed by atoms with Crippen molar-refractivity contribution in [3.8, 4) is 16.5 Å². The summed E-state index contributed by atoms with van der Waals surface area (Å²) in [5.74, 6) is 0. The number of benzene rings is 1. The number of hydrogen-bond donors (Lipinski definition) is 0. The molecular weight excluding hydrogens is 284 g/mol. The summed E-state index contributed by atoms with van der Waals surface area (Å²) in [5.41, 5.74) is 0.923. The van der Waals surface area contributed by atoms with Gasteiger partial charge in [-0.15, -0.1) is 16.4 Å². The Balaban J connectivity index is 2.01. The Morgan fingerprint density at radius 3 is 2.86 bits per heavy atom. The molecule has 0 amide bonds. The van der Waals surface area contributed by atoms with Gasteiger partial charge in [0.2, 0.25) is 0 Å². The van der Waals surface area contributed by atoms with Gasteiger partial charge in [0, 0.05) is 17.8 Å². The van der Waals surface area contributed by atoms with E-state index in [2.05, 4.69) is 16.4 Å². The van der Waals surface area contributed by atoms with Gasteiger partial charge in [0.1, 0.15) is 0 Å². The van der Waals surface area contributed by atoms with E-state index >= 15 is 0 Å². The lowest BCUT2D eigenvalue weighted by Crippen LogP contribution is -2.23. The predicted molar refractivity (Wildman–Crippen MR) is 82.0 cm³/mol. The summed E-state index contributed by atoms with van der Waals surface area (Å²) in [5, 5.41) is 17.2. The molecule has 0 aliphatic rings. The average Bonchev–Trinajstić information content (AvgIpc) is 2.96. The Hall–Kier alpha value is -2.52. The maximum atomic E-state index is 12.4. The van der Waals surface area contributed by atoms with Crippen molar-refractivity contribution in [2.24, 2.45) is 0 Å². The van der Waals surface area contributed by atoms with Crippen LogP contribution in [0.2, 0.25) is 0 Å². The van der Waals surface area contributed by atoms with E-state index in [0.717, 1.165) is 10.4 Å². The molecule has 21 heavy (non-hydrogen) atoms. The third-order valence-electron chi connectivity index (χ3n) is 3.14. The standard InChI is InChI=1S/C15H12N4OS/c16-8-4-5-9-19-15(20)12-10-13(21-14(12)17-18-19)11-6-2-1-3-7-11/h1-3,6-7,10H,4-5,9H2. The maximum absolute atomic E-state index is 12.4. The van der Waals surface area contributed by atoms with Gasteiger partial charge in [0.05, 0.1) is 11.5 Å². The van der Waals surface area contributed by atoms with Crippen molar-refractivity contribution in [2.45, 2.75) is 19.4 Å². The minimum absolute atomic E-state index is 0.142. The highest BCUT2D eigenvalue weighted by Crippen LogP contribution is 2.30. The van der Waals surface area contributed by atoms with Crippen LogP contribution >= 0.6 is 11.3 Å². The molecule has 2 heterocycles. The molecule has 0 atom stereocenters. The zero-order valence-electron chi connectivity index (χ0n) is 11.2. The van der Waals surface area contributed by atoms with E-state index in [1.165, 1.54) is 16.0 Å². The Morgan fingerprint density at radius 2 is 2.10 bits per heavy atom. The van der Waals surface area contributed by atoms with E-state index in [1.807, 2.05) is 36.4 Å². The number of nitriles is 1. The van der Waals surface area contributed by atoms with Crippen molar-refractivity contribution >= 4 is 21.6 Å². The zero-order valence-corrected chi connectivity index (χ0v) is 12.0. The van der Waals surface area contributed by atoms with Crippen molar-refractivity contribution in [1.82, 2.24) is 15.0 Å². The van der Waals surface area contributed by atoms with E-state index in [0.29, 0.717) is 29.6 Å². The second-order valence-corrected chi connectivity index (χ2v) is 5.61. The molecule has 6 heteroatoms. The first-order valence-electron chi connectivity index (χ1n) is 6.59. The topological polar surface area (TPSA) is 71.6 Å². The van der Waals surface area contributed by atoms with Gasteiger partial charge in [-0.1, -0.05) is 35.5 Å². The van der Waals surface area contributed by atoms with Crippen LogP contribution in [-0.4, -0.2) is 15.0 Å². The third-order valence-corrected chi connectivity index (χ3v) is 4.21. The Labute approximate surface area is 125 Å². The van der Waals surface area contributed by atoms with Gasteiger partial charge < -0.3 is 0 Å². The van der Waals surface area contributed by atoms with Crippen LogP contribution in [0.3, 0.4) is 0 Å². The summed E-state index contributed by atoms with van der Waals surface area (Å²) in [6, 6.07) is 13.8. The lowest BCUT2D eigenvalue weighted by Gasteiger charge is -1.99. The summed E-state index contributed by atoms with van der Waals surface area (Å²) in [6.45, 7) is 0.422. The summed E-state index contributed by atoms with van der Waals surface area (Å²) in [6.07, 6.45) is 1.01. The number of thiophene rings is 1. The zero-order chi connectivity index (χ0) is 14.7. The van der Waals surface area contributed by atoms with Crippen molar-refractivity contribution < 1.29 is 0 Å². The van der Waals surface area contributed by atoms with E-state index < -0.39 is 0 Å². The summed E-state index contributed by atoms with van der Waals surface area (Å²) >= 11 is 1.46. The lowest BCUT2D eigenvalue weighted by atomic mass is 10.2. The highest BCUT2D eigenvalue weighted by atomic mass is 32.1. The molecule has 0 fully saturated rings. The number of aromatic nitrogens is 3. The van der Waals surface area contributed by atoms with E-state index in [9.17, 15) is 4.79 Å². The number of aryl methyl sites for hydroxylation is 1. The highest BCUT2D eigenvalue weighted by Gasteiger charge is 2.11. The number of unbranched alkanes of at least 4 members (excludes halogenated alkanes) is 1. The van der Waals surface area contributed by atoms with Gasteiger partial charge in [-0.25, -0.2) is 4.68 Å². The SMILES string of the molecule is N#CCCCn1nnc2sc(-c3ccccc3)cc2c1=O. The van der Waals surface area contributed by atoms with Gasteiger partial charge >= 0.3 is 0 Å². The fraction of sp³-hybridized carbons (Fsp3) is 0.200. The van der Waals surface area contributed by atoms with Crippen molar-refractivity contribution in [1.29, 1.82) is 5.26 Å². The van der Waals surface area contributed by atoms with Gasteiger partial charge in [0.15, 0.2) is 4.83 Å². The molecule has 1 aromatic carbocycles. The van der Waals surface area contributed by atoms with Crippen LogP contribution in [-0.2, 0) is 6.54 Å². The van der Waals surface area contributed by atoms with Crippen molar-refractivity contribution in [2.75, 3.05) is 0 Å². The van der Waals surface area contributed by atoms with Crippen LogP contribution in [0, 0.1) is 11.3 Å². The van der Waals surface area contributed by atoms with Gasteiger partial charge in [-0.05, 0) is 18.1 Å². The van der Waals surface area contributed by atoms with Crippen LogP contribution in [0.1, 0.15) is 12.8 Å². The number of hydrogen-bond acceptors (Lipinski definition) is 5. The second kappa shape index (κ2) is 5.85. The summed E-state index contributed by atoms with van der Waals surface area (Å²) in [7, 11) is 0. The largest absolute Gasteiger partial charge is 0.278 e. The minimum atomic E-state index is -0.142. The molecule has 0 aliphatic heterocycles. The van der Waals surface area contributed by atoms with Crippen LogP contribution in [0.15, 0.2) is 41.2 Å². The first-order valence-corrected chi connectivity index (χ1v) is 7.41. The quantitative estimate of drug-likeness (QED) is 0.694. The van der Waals surface area contributed by atoms with E-state index in [4.69, 9.17) is 5.26 Å². The number of rotatable bonds is 4. The summed E-state index contributed by atoms with van der Waals surface area (Å²) < 4.78 is 1.33. The normalized spacial score (nSPS) is 10.6. The Morgan fingerprint density at radius 1 is 1.29 bits per heavy atom. The average molecular weight is 296 g/mol. The van der Waals surface area contributed by atoms with Crippen molar-refractivity contribution in [3.63, 3.8) is 0 Å². The molecule has 0 bridgehead atoms. The fourth-order valence-electron chi connectivity index (χ4n) is 2.08. The molecule has 2 aromatic heterocycles. The molecule has 0 aliphatic carbocycles. The van der Waals surface area contributed by atoms with Crippen LogP contribution < -0.4 is 5.56 Å². The second-order valence-electron chi connectivity index (χ2n) is 4.57. The first kappa shape index (κ1) is 13.5. The van der Waals surface area contributed by atoms with Gasteiger partial charge in [0.25, 0.3) is 5.56 Å². The smallest absolute Gasteiger partial charge is 0.267 e. The molecule has 0 saturated heterocycles. The van der Waals surface area contributed by atoms with Crippen LogP contribution in [0.4, 0.5) is 0 Å². The molecular formula is C15H12N4OS. The monoisotopic (exact) mass is 296 g/mol. The Kier molecular flexibility index (Phi) is 3.75. The summed E-state index contributed by atoms with van der Waals surface area (Å²) in [4.78, 5) is 14.0. The molecule has 3 rings (SSSR count). The molecule has 0 saturated carbocycles. The third kappa shape index (κ3) is 2.69. The van der Waals surface area contributed by atoms with Crippen molar-refractivity contribution in [3.05, 3.63) is 46.8 Å². The molecule has 0 radical (unpaired) electrons. The van der Waals surface area contributed by atoms with E-state index in [-0.39, 0.29) is 5.56 Å². The maximum Gasteiger partial charge on any atom is 0.278 e. The molecule has 0 unspecified atom stereocenters. The van der Waals surface area contributed by atoms with E-state index in [1.54, 1.807) is 0 Å². The number of nitrogens with zero attached hydrogens (tertiary/aromatic N) is 4. The minimum Gasteiger partial charge on any atom is -0.267 e. The Bertz CT molecular complexity index is 861.